The van der Waals surface area contributed by atoms with Gasteiger partial charge in [0.1, 0.15) is 0 Å². The Morgan fingerprint density at radius 2 is 2.29 bits per heavy atom. The third-order valence-electron chi connectivity index (χ3n) is 3.16. The Bertz CT molecular complexity index is 417. The molecule has 2 rings (SSSR count). The van der Waals surface area contributed by atoms with Crippen molar-refractivity contribution in [1.82, 2.24) is 4.90 Å². The first-order valence-electron chi connectivity index (χ1n) is 5.77. The van der Waals surface area contributed by atoms with Crippen LogP contribution in [-0.4, -0.2) is 42.8 Å². The summed E-state index contributed by atoms with van der Waals surface area (Å²) in [7, 11) is 1.69. The van der Waals surface area contributed by atoms with Crippen molar-refractivity contribution in [3.8, 4) is 0 Å². The average Bonchev–Trinajstić information content (AvgIpc) is 2.35. The average molecular weight is 235 g/mol. The molecule has 0 unspecified atom stereocenters. The zero-order chi connectivity index (χ0) is 12.3. The maximum atomic E-state index is 10.9. The van der Waals surface area contributed by atoms with E-state index in [1.54, 1.807) is 19.2 Å². The Kier molecular flexibility index (Phi) is 3.76. The predicted molar refractivity (Wildman–Crippen MR) is 64.3 cm³/mol. The highest BCUT2D eigenvalue weighted by Gasteiger charge is 2.17. The lowest BCUT2D eigenvalue weighted by Gasteiger charge is -2.28. The molecular formula is C13H17NO3. The lowest BCUT2D eigenvalue weighted by molar-refractivity contribution is 0.0696. The van der Waals surface area contributed by atoms with Crippen molar-refractivity contribution in [3.05, 3.63) is 34.9 Å². The van der Waals surface area contributed by atoms with Gasteiger partial charge in [0.25, 0.3) is 0 Å². The number of carboxylic acid groups (broad SMARTS) is 1. The number of methoxy groups -OCH3 is 1. The van der Waals surface area contributed by atoms with Crippen molar-refractivity contribution in [3.63, 3.8) is 0 Å². The second-order valence-corrected chi connectivity index (χ2v) is 4.31. The van der Waals surface area contributed by atoms with Crippen LogP contribution in [0.15, 0.2) is 18.2 Å². The normalized spacial score (nSPS) is 15.6. The molecule has 17 heavy (non-hydrogen) atoms. The summed E-state index contributed by atoms with van der Waals surface area (Å²) in [6.07, 6.45) is 0.985. The number of aromatic carboxylic acids is 1. The highest BCUT2D eigenvalue weighted by molar-refractivity contribution is 5.87. The molecule has 1 N–H and O–H groups in total. The summed E-state index contributed by atoms with van der Waals surface area (Å²) in [5.41, 5.74) is 2.77. The van der Waals surface area contributed by atoms with Crippen molar-refractivity contribution in [1.29, 1.82) is 0 Å². The van der Waals surface area contributed by atoms with Crippen LogP contribution < -0.4 is 0 Å². The molecule has 0 bridgehead atoms. The third-order valence-corrected chi connectivity index (χ3v) is 3.16. The standard InChI is InChI=1S/C13H17NO3/c1-17-7-6-14-5-4-10-2-3-11(13(15)16)8-12(10)9-14/h2-3,8H,4-7,9H2,1H3,(H,15,16). The molecule has 0 amide bonds. The van der Waals surface area contributed by atoms with Crippen LogP contribution in [0.1, 0.15) is 21.5 Å². The van der Waals surface area contributed by atoms with Gasteiger partial charge in [0, 0.05) is 26.7 Å². The number of carbonyl (C=O) groups is 1. The molecule has 1 heterocycles. The first kappa shape index (κ1) is 12.1. The van der Waals surface area contributed by atoms with E-state index in [0.29, 0.717) is 12.2 Å². The summed E-state index contributed by atoms with van der Waals surface area (Å²) >= 11 is 0. The number of hydrogen-bond donors (Lipinski definition) is 1. The van der Waals surface area contributed by atoms with Gasteiger partial charge in [-0.3, -0.25) is 4.90 Å². The molecule has 0 aliphatic carbocycles. The minimum absolute atomic E-state index is 0.373. The summed E-state index contributed by atoms with van der Waals surface area (Å²) in [6.45, 7) is 3.45. The highest BCUT2D eigenvalue weighted by atomic mass is 16.5. The monoisotopic (exact) mass is 235 g/mol. The van der Waals surface area contributed by atoms with Crippen molar-refractivity contribution in [2.45, 2.75) is 13.0 Å². The van der Waals surface area contributed by atoms with E-state index in [0.717, 1.165) is 31.6 Å². The Morgan fingerprint density at radius 1 is 1.47 bits per heavy atom. The van der Waals surface area contributed by atoms with Gasteiger partial charge in [0.15, 0.2) is 0 Å². The van der Waals surface area contributed by atoms with Crippen LogP contribution in [0.25, 0.3) is 0 Å². The van der Waals surface area contributed by atoms with Gasteiger partial charge in [-0.2, -0.15) is 0 Å². The number of carboxylic acids is 1. The van der Waals surface area contributed by atoms with E-state index < -0.39 is 5.97 Å². The van der Waals surface area contributed by atoms with Gasteiger partial charge >= 0.3 is 5.97 Å². The molecule has 0 saturated heterocycles. The van der Waals surface area contributed by atoms with Crippen LogP contribution in [0, 0.1) is 0 Å². The van der Waals surface area contributed by atoms with Gasteiger partial charge < -0.3 is 9.84 Å². The van der Waals surface area contributed by atoms with E-state index in [1.165, 1.54) is 5.56 Å². The van der Waals surface area contributed by atoms with Crippen molar-refractivity contribution >= 4 is 5.97 Å². The summed E-state index contributed by atoms with van der Waals surface area (Å²) in [5, 5.41) is 8.96. The zero-order valence-corrected chi connectivity index (χ0v) is 9.98. The van der Waals surface area contributed by atoms with Crippen molar-refractivity contribution in [2.75, 3.05) is 26.8 Å². The van der Waals surface area contributed by atoms with Gasteiger partial charge in [-0.05, 0) is 29.7 Å². The topological polar surface area (TPSA) is 49.8 Å². The van der Waals surface area contributed by atoms with Gasteiger partial charge in [-0.25, -0.2) is 4.79 Å². The first-order chi connectivity index (χ1) is 8.20. The SMILES string of the molecule is COCCN1CCc2ccc(C(=O)O)cc2C1. The van der Waals surface area contributed by atoms with Crippen LogP contribution >= 0.6 is 0 Å². The number of rotatable bonds is 4. The second kappa shape index (κ2) is 5.29. The van der Waals surface area contributed by atoms with Gasteiger partial charge in [0.2, 0.25) is 0 Å². The van der Waals surface area contributed by atoms with Crippen LogP contribution in [0.4, 0.5) is 0 Å². The van der Waals surface area contributed by atoms with Gasteiger partial charge in [0.05, 0.1) is 12.2 Å². The van der Waals surface area contributed by atoms with E-state index in [2.05, 4.69) is 4.90 Å². The number of hydrogen-bond acceptors (Lipinski definition) is 3. The number of benzene rings is 1. The lowest BCUT2D eigenvalue weighted by atomic mass is 9.97. The lowest BCUT2D eigenvalue weighted by Crippen LogP contribution is -2.33. The quantitative estimate of drug-likeness (QED) is 0.856. The number of ether oxygens (including phenoxy) is 1. The fourth-order valence-corrected chi connectivity index (χ4v) is 2.16. The van der Waals surface area contributed by atoms with Gasteiger partial charge in [-0.15, -0.1) is 0 Å². The molecule has 4 heteroatoms. The first-order valence-corrected chi connectivity index (χ1v) is 5.77. The van der Waals surface area contributed by atoms with E-state index in [-0.39, 0.29) is 0 Å². The molecule has 0 saturated carbocycles. The fourth-order valence-electron chi connectivity index (χ4n) is 2.16. The van der Waals surface area contributed by atoms with Crippen molar-refractivity contribution in [2.24, 2.45) is 0 Å². The summed E-state index contributed by atoms with van der Waals surface area (Å²) in [5.74, 6) is -0.859. The van der Waals surface area contributed by atoms with Crippen LogP contribution in [0.5, 0.6) is 0 Å². The molecule has 0 spiro atoms. The van der Waals surface area contributed by atoms with E-state index in [9.17, 15) is 4.79 Å². The molecule has 0 aromatic heterocycles. The Labute approximate surface area is 101 Å². The Morgan fingerprint density at radius 3 is 3.00 bits per heavy atom. The van der Waals surface area contributed by atoms with E-state index in [4.69, 9.17) is 9.84 Å². The number of nitrogens with zero attached hydrogens (tertiary/aromatic N) is 1. The molecule has 92 valence electrons. The Balaban J connectivity index is 2.12. The number of fused-ring (bicyclic) bond motifs is 1. The molecule has 1 aliphatic rings. The second-order valence-electron chi connectivity index (χ2n) is 4.31. The van der Waals surface area contributed by atoms with Crippen LogP contribution in [0.3, 0.4) is 0 Å². The van der Waals surface area contributed by atoms with Crippen LogP contribution in [0.2, 0.25) is 0 Å². The smallest absolute Gasteiger partial charge is 0.335 e. The predicted octanol–water partition coefficient (Wildman–Crippen LogP) is 1.39. The third kappa shape index (κ3) is 2.84. The minimum Gasteiger partial charge on any atom is -0.478 e. The van der Waals surface area contributed by atoms with Crippen LogP contribution in [-0.2, 0) is 17.7 Å². The zero-order valence-electron chi connectivity index (χ0n) is 9.98. The molecule has 4 nitrogen and oxygen atoms in total. The van der Waals surface area contributed by atoms with E-state index in [1.807, 2.05) is 6.07 Å². The molecule has 0 atom stereocenters. The molecule has 1 aliphatic heterocycles. The fraction of sp³-hybridized carbons (Fsp3) is 0.462. The largest absolute Gasteiger partial charge is 0.478 e. The maximum absolute atomic E-state index is 10.9. The van der Waals surface area contributed by atoms with E-state index >= 15 is 0 Å². The molecule has 1 aromatic carbocycles. The molecule has 0 fully saturated rings. The Hall–Kier alpha value is -1.39. The molecular weight excluding hydrogens is 218 g/mol. The summed E-state index contributed by atoms with van der Waals surface area (Å²) in [4.78, 5) is 13.2. The van der Waals surface area contributed by atoms with Crippen molar-refractivity contribution < 1.29 is 14.6 Å². The van der Waals surface area contributed by atoms with Gasteiger partial charge in [-0.1, -0.05) is 6.07 Å². The molecule has 0 radical (unpaired) electrons. The summed E-state index contributed by atoms with van der Waals surface area (Å²) in [6, 6.07) is 5.41. The molecule has 1 aromatic rings. The summed E-state index contributed by atoms with van der Waals surface area (Å²) < 4.78 is 5.06. The minimum atomic E-state index is -0.859. The highest BCUT2D eigenvalue weighted by Crippen LogP contribution is 2.20. The maximum Gasteiger partial charge on any atom is 0.335 e.